The Kier molecular flexibility index (Phi) is 17.5. The zero-order valence-corrected chi connectivity index (χ0v) is 30.9. The molecule has 51 heavy (non-hydrogen) atoms. The van der Waals surface area contributed by atoms with Crippen LogP contribution >= 0.6 is 7.82 Å². The van der Waals surface area contributed by atoms with Crippen molar-refractivity contribution in [1.29, 1.82) is 0 Å². The summed E-state index contributed by atoms with van der Waals surface area (Å²) in [6, 6.07) is -3.42. The summed E-state index contributed by atoms with van der Waals surface area (Å²) in [5, 5.41) is 15.2. The molecule has 18 heteroatoms. The van der Waals surface area contributed by atoms with Gasteiger partial charge in [0.1, 0.15) is 6.04 Å². The topological polar surface area (TPSA) is 244 Å². The summed E-state index contributed by atoms with van der Waals surface area (Å²) in [5.41, 5.74) is 0.484. The Bertz CT molecular complexity index is 1420. The largest absolute Gasteiger partial charge is 0.472 e. The summed E-state index contributed by atoms with van der Waals surface area (Å²) >= 11 is 0. The van der Waals surface area contributed by atoms with Crippen LogP contribution in [0.1, 0.15) is 66.0 Å². The smallest absolute Gasteiger partial charge is 0.396 e. The van der Waals surface area contributed by atoms with Crippen molar-refractivity contribution in [1.82, 2.24) is 25.5 Å². The van der Waals surface area contributed by atoms with Gasteiger partial charge >= 0.3 is 7.82 Å². The van der Waals surface area contributed by atoms with Crippen LogP contribution < -0.4 is 10.6 Å². The second-order valence-electron chi connectivity index (χ2n) is 13.1. The fourth-order valence-corrected chi connectivity index (χ4v) is 6.55. The summed E-state index contributed by atoms with van der Waals surface area (Å²) < 4.78 is 26.9. The number of hydrogen-bond acceptors (Lipinski definition) is 12. The van der Waals surface area contributed by atoms with Gasteiger partial charge in [-0.15, -0.1) is 6.58 Å². The molecule has 0 radical (unpaired) electrons. The molecule has 286 valence electrons. The van der Waals surface area contributed by atoms with Crippen LogP contribution in [-0.2, 0) is 53.5 Å². The SMILES string of the molecule is C=CCO[C@@H]1C[C@@H](C(=O)C[C@@H](CC(C)C)C(=O)N[C@@H](Cc2cnc[nH]2)C(=O)C[C@@H](CO)C(=O)N[C@H](C(C)=O)C(C)OP(=O)(O)OC)N(C(C)=O)C1. The molecule has 0 spiro atoms. The van der Waals surface area contributed by atoms with Crippen molar-refractivity contribution in [2.24, 2.45) is 17.8 Å². The van der Waals surface area contributed by atoms with E-state index in [0.717, 1.165) is 14.0 Å². The molecular weight excluding hydrogens is 689 g/mol. The zero-order chi connectivity index (χ0) is 38.5. The maximum absolute atomic E-state index is 13.8. The molecule has 0 saturated carbocycles. The van der Waals surface area contributed by atoms with E-state index in [0.29, 0.717) is 12.1 Å². The number of imidazole rings is 1. The van der Waals surface area contributed by atoms with Crippen LogP contribution in [0, 0.1) is 17.8 Å². The quantitative estimate of drug-likeness (QED) is 0.0779. The summed E-state index contributed by atoms with van der Waals surface area (Å²) in [6.07, 6.45) is 2.49. The first-order chi connectivity index (χ1) is 23.9. The molecule has 0 bridgehead atoms. The maximum atomic E-state index is 13.8. The number of nitrogens with one attached hydrogen (secondary N) is 3. The first kappa shape index (κ1) is 43.6. The standard InChI is InChI=1S/C33H52N5O12P/c1-8-9-49-26-14-28(38(16-26)22(6)41)30(43)11-23(10-19(2)3)32(44)36-27(13-25-15-34-18-35-25)29(42)12-24(17-39)33(45)37-31(20(4)40)21(5)50-51(46,47)48-7/h8,15,18-19,21,23-24,26-28,31,39H,1,9-14,16-17H2,2-7H3,(H,34,35)(H,36,44)(H,37,45)(H,46,47)/t21?,23-,24+,26-,27+,28+,31-/m1/s1. The Balaban J connectivity index is 2.26. The van der Waals surface area contributed by atoms with Gasteiger partial charge in [-0.05, 0) is 26.2 Å². The molecule has 17 nitrogen and oxygen atoms in total. The highest BCUT2D eigenvalue weighted by atomic mass is 31.2. The second-order valence-corrected chi connectivity index (χ2v) is 14.6. The highest BCUT2D eigenvalue weighted by Crippen LogP contribution is 2.43. The van der Waals surface area contributed by atoms with Gasteiger partial charge in [0.2, 0.25) is 17.7 Å². The number of Topliss-reactive ketones (excluding diaryl/α,β-unsaturated/α-hetero) is 3. The first-order valence-corrected chi connectivity index (χ1v) is 18.2. The fraction of sp³-hybridized carbons (Fsp3) is 0.667. The molecule has 2 unspecified atom stereocenters. The summed E-state index contributed by atoms with van der Waals surface area (Å²) in [7, 11) is -3.60. The molecule has 1 aliphatic rings. The number of phosphoric acid groups is 1. The van der Waals surface area contributed by atoms with Gasteiger partial charge in [0.15, 0.2) is 17.3 Å². The van der Waals surface area contributed by atoms with Crippen LogP contribution in [-0.4, -0.2) is 117 Å². The molecule has 1 saturated heterocycles. The minimum absolute atomic E-state index is 0.0156. The Morgan fingerprint density at radius 1 is 1.12 bits per heavy atom. The highest BCUT2D eigenvalue weighted by Gasteiger charge is 2.41. The normalized spacial score (nSPS) is 20.1. The van der Waals surface area contributed by atoms with E-state index in [4.69, 9.17) is 9.26 Å². The van der Waals surface area contributed by atoms with Crippen LogP contribution in [0.2, 0.25) is 0 Å². The first-order valence-electron chi connectivity index (χ1n) is 16.7. The predicted octanol–water partition coefficient (Wildman–Crippen LogP) is 1.04. The molecule has 3 amide bonds. The number of carbonyl (C=O) groups is 6. The van der Waals surface area contributed by atoms with E-state index < -0.39 is 80.3 Å². The van der Waals surface area contributed by atoms with Crippen LogP contribution in [0.15, 0.2) is 25.2 Å². The van der Waals surface area contributed by atoms with Crippen LogP contribution in [0.4, 0.5) is 0 Å². The van der Waals surface area contributed by atoms with Gasteiger partial charge in [-0.25, -0.2) is 9.55 Å². The fourth-order valence-electron chi connectivity index (χ4n) is 5.92. The molecule has 0 aromatic carbocycles. The lowest BCUT2D eigenvalue weighted by Gasteiger charge is -2.27. The van der Waals surface area contributed by atoms with Crippen molar-refractivity contribution >= 4 is 42.9 Å². The zero-order valence-electron chi connectivity index (χ0n) is 30.0. The summed E-state index contributed by atoms with van der Waals surface area (Å²) in [4.78, 5) is 96.9. The van der Waals surface area contributed by atoms with E-state index in [1.807, 2.05) is 13.8 Å². The Labute approximate surface area is 297 Å². The number of aromatic amines is 1. The molecule has 1 aromatic heterocycles. The lowest BCUT2D eigenvalue weighted by Crippen LogP contribution is -2.51. The van der Waals surface area contributed by atoms with Gasteiger partial charge in [-0.3, -0.25) is 37.8 Å². The van der Waals surface area contributed by atoms with Crippen molar-refractivity contribution < 1.29 is 57.1 Å². The third kappa shape index (κ3) is 13.8. The van der Waals surface area contributed by atoms with Gasteiger partial charge in [-0.2, -0.15) is 0 Å². The number of aliphatic hydroxyl groups is 1. The summed E-state index contributed by atoms with van der Waals surface area (Å²) in [5.74, 6) is -5.62. The number of ether oxygens (including phenoxy) is 1. The Morgan fingerprint density at radius 3 is 2.31 bits per heavy atom. The number of nitrogens with zero attached hydrogens (tertiary/aromatic N) is 2. The van der Waals surface area contributed by atoms with E-state index >= 15 is 0 Å². The van der Waals surface area contributed by atoms with E-state index in [9.17, 15) is 43.3 Å². The monoisotopic (exact) mass is 741 g/mol. The number of amides is 3. The Morgan fingerprint density at radius 2 is 1.78 bits per heavy atom. The second kappa shape index (κ2) is 20.4. The molecular formula is C33H52N5O12P. The minimum atomic E-state index is -4.52. The molecule has 1 fully saturated rings. The summed E-state index contributed by atoms with van der Waals surface area (Å²) in [6.45, 7) is 10.8. The molecule has 5 N–H and O–H groups in total. The Hall–Kier alpha value is -3.60. The molecule has 1 aliphatic heterocycles. The third-order valence-corrected chi connectivity index (χ3v) is 9.58. The van der Waals surface area contributed by atoms with Crippen molar-refractivity contribution in [2.45, 2.75) is 97.1 Å². The third-order valence-electron chi connectivity index (χ3n) is 8.52. The van der Waals surface area contributed by atoms with E-state index in [1.165, 1.54) is 31.3 Å². The average molecular weight is 742 g/mol. The number of aliphatic hydroxyl groups excluding tert-OH is 1. The minimum Gasteiger partial charge on any atom is -0.396 e. The predicted molar refractivity (Wildman–Crippen MR) is 183 cm³/mol. The number of rotatable bonds is 23. The number of phosphoric ester groups is 1. The molecule has 2 rings (SSSR count). The van der Waals surface area contributed by atoms with E-state index in [2.05, 4.69) is 31.7 Å². The van der Waals surface area contributed by atoms with Crippen LogP contribution in [0.5, 0.6) is 0 Å². The van der Waals surface area contributed by atoms with Crippen molar-refractivity contribution in [3.63, 3.8) is 0 Å². The molecule has 2 heterocycles. The molecule has 1 aromatic rings. The van der Waals surface area contributed by atoms with Crippen molar-refractivity contribution in [3.8, 4) is 0 Å². The molecule has 8 atom stereocenters. The van der Waals surface area contributed by atoms with Gasteiger partial charge in [-0.1, -0.05) is 19.9 Å². The number of H-pyrrole nitrogens is 1. The van der Waals surface area contributed by atoms with Gasteiger partial charge in [0.05, 0.1) is 49.8 Å². The van der Waals surface area contributed by atoms with Gasteiger partial charge in [0, 0.05) is 64.1 Å². The van der Waals surface area contributed by atoms with Crippen molar-refractivity contribution in [2.75, 3.05) is 26.9 Å². The maximum Gasteiger partial charge on any atom is 0.472 e. The number of hydrogen-bond donors (Lipinski definition) is 5. The highest BCUT2D eigenvalue weighted by molar-refractivity contribution is 7.47. The van der Waals surface area contributed by atoms with Crippen LogP contribution in [0.3, 0.4) is 0 Å². The van der Waals surface area contributed by atoms with Gasteiger partial charge in [0.25, 0.3) is 0 Å². The average Bonchev–Trinajstić information content (AvgIpc) is 3.74. The lowest BCUT2D eigenvalue weighted by atomic mass is 9.88. The van der Waals surface area contributed by atoms with Crippen molar-refractivity contribution in [3.05, 3.63) is 30.9 Å². The van der Waals surface area contributed by atoms with Gasteiger partial charge < -0.3 is 35.3 Å². The number of ketones is 3. The number of carbonyl (C=O) groups excluding carboxylic acids is 6. The number of aromatic nitrogens is 2. The van der Waals surface area contributed by atoms with Crippen LogP contribution in [0.25, 0.3) is 0 Å². The lowest BCUT2D eigenvalue weighted by molar-refractivity contribution is -0.138. The number of likely N-dealkylation sites (tertiary alicyclic amines) is 1. The van der Waals surface area contributed by atoms with E-state index in [1.54, 1.807) is 6.08 Å². The molecule has 0 aliphatic carbocycles. The van der Waals surface area contributed by atoms with E-state index in [-0.39, 0.29) is 56.1 Å².